The molecule has 1 saturated carbocycles. The first-order valence-electron chi connectivity index (χ1n) is 7.30. The summed E-state index contributed by atoms with van der Waals surface area (Å²) < 4.78 is 11.1. The normalized spacial score (nSPS) is 18.8. The van der Waals surface area contributed by atoms with Crippen molar-refractivity contribution in [2.24, 2.45) is 5.92 Å². The molecule has 1 amide bonds. The van der Waals surface area contributed by atoms with Crippen molar-refractivity contribution < 1.29 is 14.3 Å². The van der Waals surface area contributed by atoms with E-state index in [1.807, 2.05) is 18.2 Å². The first-order valence-corrected chi connectivity index (χ1v) is 7.30. The maximum Gasteiger partial charge on any atom is 0.230 e. The molecule has 20 heavy (non-hydrogen) atoms. The molecule has 3 rings (SSSR count). The lowest BCUT2D eigenvalue weighted by molar-refractivity contribution is -0.123. The smallest absolute Gasteiger partial charge is 0.230 e. The molecule has 1 aliphatic carbocycles. The maximum absolute atomic E-state index is 12.4. The molecular weight excluding hydrogens is 254 g/mol. The highest BCUT2D eigenvalue weighted by molar-refractivity contribution is 5.91. The molecule has 0 aromatic heterocycles. The Morgan fingerprint density at radius 3 is 2.60 bits per heavy atom. The summed E-state index contributed by atoms with van der Waals surface area (Å²) in [4.78, 5) is 12.4. The van der Waals surface area contributed by atoms with Gasteiger partial charge in [0.1, 0.15) is 13.2 Å². The molecule has 4 heteroatoms. The van der Waals surface area contributed by atoms with Gasteiger partial charge < -0.3 is 14.8 Å². The van der Waals surface area contributed by atoms with E-state index >= 15 is 0 Å². The minimum Gasteiger partial charge on any atom is -0.486 e. The molecule has 0 radical (unpaired) electrons. The molecule has 0 spiro atoms. The van der Waals surface area contributed by atoms with Crippen molar-refractivity contribution in [3.8, 4) is 11.5 Å². The Labute approximate surface area is 119 Å². The third-order valence-corrected chi connectivity index (χ3v) is 3.95. The van der Waals surface area contributed by atoms with Crippen molar-refractivity contribution in [2.75, 3.05) is 19.8 Å². The second-order valence-electron chi connectivity index (χ2n) is 6.04. The molecule has 4 nitrogen and oxygen atoms in total. The Balaban J connectivity index is 1.79. The predicted octanol–water partition coefficient (Wildman–Crippen LogP) is 2.26. The van der Waals surface area contributed by atoms with Gasteiger partial charge in [0.2, 0.25) is 5.91 Å². The Morgan fingerprint density at radius 2 is 1.95 bits per heavy atom. The van der Waals surface area contributed by atoms with Gasteiger partial charge in [0, 0.05) is 6.54 Å². The van der Waals surface area contributed by atoms with E-state index < -0.39 is 0 Å². The highest BCUT2D eigenvalue weighted by Gasteiger charge is 2.51. The average Bonchev–Trinajstić information content (AvgIpc) is 3.26. The van der Waals surface area contributed by atoms with Crippen molar-refractivity contribution >= 4 is 5.91 Å². The van der Waals surface area contributed by atoms with E-state index in [4.69, 9.17) is 9.47 Å². The Kier molecular flexibility index (Phi) is 3.32. The molecule has 0 unspecified atom stereocenters. The summed E-state index contributed by atoms with van der Waals surface area (Å²) in [6.45, 7) is 6.09. The van der Waals surface area contributed by atoms with Gasteiger partial charge in [-0.05, 0) is 36.5 Å². The molecule has 0 atom stereocenters. The molecule has 0 bridgehead atoms. The van der Waals surface area contributed by atoms with Crippen LogP contribution in [-0.2, 0) is 10.2 Å². The summed E-state index contributed by atoms with van der Waals surface area (Å²) in [7, 11) is 0. The van der Waals surface area contributed by atoms with Gasteiger partial charge in [-0.25, -0.2) is 0 Å². The molecule has 1 N–H and O–H groups in total. The van der Waals surface area contributed by atoms with Gasteiger partial charge in [0.05, 0.1) is 5.41 Å². The van der Waals surface area contributed by atoms with Gasteiger partial charge in [-0.1, -0.05) is 19.9 Å². The third-order valence-electron chi connectivity index (χ3n) is 3.95. The van der Waals surface area contributed by atoms with E-state index in [2.05, 4.69) is 19.2 Å². The summed E-state index contributed by atoms with van der Waals surface area (Å²) in [6, 6.07) is 5.88. The SMILES string of the molecule is CC(C)CNC(=O)C1(c2ccc3c(c2)OCCO3)CC1. The number of ether oxygens (including phenoxy) is 2. The second-order valence-corrected chi connectivity index (χ2v) is 6.04. The molecule has 1 fully saturated rings. The molecule has 1 aromatic carbocycles. The van der Waals surface area contributed by atoms with Crippen LogP contribution in [0.2, 0.25) is 0 Å². The number of rotatable bonds is 4. The lowest BCUT2D eigenvalue weighted by atomic mass is 9.94. The van der Waals surface area contributed by atoms with Crippen LogP contribution in [0.5, 0.6) is 11.5 Å². The van der Waals surface area contributed by atoms with Crippen LogP contribution in [0.15, 0.2) is 18.2 Å². The second kappa shape index (κ2) is 5.00. The van der Waals surface area contributed by atoms with Gasteiger partial charge in [-0.2, -0.15) is 0 Å². The van der Waals surface area contributed by atoms with E-state index in [1.165, 1.54) is 0 Å². The Bertz CT molecular complexity index is 520. The van der Waals surface area contributed by atoms with Crippen LogP contribution in [0.3, 0.4) is 0 Å². The molecule has 1 aliphatic heterocycles. The predicted molar refractivity (Wildman–Crippen MR) is 76.2 cm³/mol. The van der Waals surface area contributed by atoms with E-state index in [1.54, 1.807) is 0 Å². The number of nitrogens with one attached hydrogen (secondary N) is 1. The van der Waals surface area contributed by atoms with Crippen molar-refractivity contribution in [1.82, 2.24) is 5.32 Å². The molecule has 1 heterocycles. The zero-order valence-corrected chi connectivity index (χ0v) is 12.1. The number of hydrogen-bond acceptors (Lipinski definition) is 3. The number of carbonyl (C=O) groups is 1. The van der Waals surface area contributed by atoms with Crippen LogP contribution in [-0.4, -0.2) is 25.7 Å². The van der Waals surface area contributed by atoms with Gasteiger partial charge in [-0.3, -0.25) is 4.79 Å². The highest BCUT2D eigenvalue weighted by atomic mass is 16.6. The zero-order chi connectivity index (χ0) is 14.2. The van der Waals surface area contributed by atoms with E-state index in [0.717, 1.165) is 36.4 Å². The third kappa shape index (κ3) is 2.35. The van der Waals surface area contributed by atoms with Crippen LogP contribution in [0.4, 0.5) is 0 Å². The monoisotopic (exact) mass is 275 g/mol. The minimum atomic E-state index is -0.343. The summed E-state index contributed by atoms with van der Waals surface area (Å²) in [6.07, 6.45) is 1.83. The van der Waals surface area contributed by atoms with E-state index in [0.29, 0.717) is 19.1 Å². The van der Waals surface area contributed by atoms with Crippen LogP contribution < -0.4 is 14.8 Å². The van der Waals surface area contributed by atoms with Gasteiger partial charge in [0.25, 0.3) is 0 Å². The van der Waals surface area contributed by atoms with Crippen LogP contribution in [0.1, 0.15) is 32.3 Å². The van der Waals surface area contributed by atoms with Crippen LogP contribution in [0, 0.1) is 5.92 Å². The quantitative estimate of drug-likeness (QED) is 0.917. The van der Waals surface area contributed by atoms with Crippen molar-refractivity contribution in [3.63, 3.8) is 0 Å². The minimum absolute atomic E-state index is 0.142. The van der Waals surface area contributed by atoms with Gasteiger partial charge in [-0.15, -0.1) is 0 Å². The lowest BCUT2D eigenvalue weighted by Crippen LogP contribution is -2.36. The molecule has 0 saturated heterocycles. The molecule has 108 valence electrons. The van der Waals surface area contributed by atoms with Gasteiger partial charge in [0.15, 0.2) is 11.5 Å². The summed E-state index contributed by atoms with van der Waals surface area (Å²) in [5.74, 6) is 2.15. The van der Waals surface area contributed by atoms with Crippen LogP contribution in [0.25, 0.3) is 0 Å². The number of hydrogen-bond donors (Lipinski definition) is 1. The number of amides is 1. The van der Waals surface area contributed by atoms with Gasteiger partial charge >= 0.3 is 0 Å². The Morgan fingerprint density at radius 1 is 1.25 bits per heavy atom. The topological polar surface area (TPSA) is 47.6 Å². The summed E-state index contributed by atoms with van der Waals surface area (Å²) in [5, 5.41) is 3.05. The summed E-state index contributed by atoms with van der Waals surface area (Å²) >= 11 is 0. The number of fused-ring (bicyclic) bond motifs is 1. The van der Waals surface area contributed by atoms with Crippen molar-refractivity contribution in [2.45, 2.75) is 32.1 Å². The average molecular weight is 275 g/mol. The lowest BCUT2D eigenvalue weighted by Gasteiger charge is -2.22. The highest BCUT2D eigenvalue weighted by Crippen LogP contribution is 2.50. The largest absolute Gasteiger partial charge is 0.486 e. The van der Waals surface area contributed by atoms with Crippen molar-refractivity contribution in [3.05, 3.63) is 23.8 Å². The standard InChI is InChI=1S/C16H21NO3/c1-11(2)10-17-15(18)16(5-6-16)12-3-4-13-14(9-12)20-8-7-19-13/h3-4,9,11H,5-8,10H2,1-2H3,(H,17,18). The Hall–Kier alpha value is -1.71. The van der Waals surface area contributed by atoms with E-state index in [-0.39, 0.29) is 11.3 Å². The fraction of sp³-hybridized carbons (Fsp3) is 0.562. The van der Waals surface area contributed by atoms with E-state index in [9.17, 15) is 4.79 Å². The van der Waals surface area contributed by atoms with Crippen molar-refractivity contribution in [1.29, 1.82) is 0 Å². The molecular formula is C16H21NO3. The maximum atomic E-state index is 12.4. The zero-order valence-electron chi connectivity index (χ0n) is 12.1. The number of benzene rings is 1. The first kappa shape index (κ1) is 13.3. The molecule has 2 aliphatic rings. The summed E-state index contributed by atoms with van der Waals surface area (Å²) in [5.41, 5.74) is 0.702. The first-order chi connectivity index (χ1) is 9.62. The fourth-order valence-electron chi connectivity index (χ4n) is 2.58. The molecule has 1 aromatic rings. The number of carbonyl (C=O) groups excluding carboxylic acids is 1. The van der Waals surface area contributed by atoms with Crippen LogP contribution >= 0.6 is 0 Å². The fourth-order valence-corrected chi connectivity index (χ4v) is 2.58.